The van der Waals surface area contributed by atoms with Gasteiger partial charge in [0.15, 0.2) is 0 Å². The maximum atomic E-state index is 11.8. The molecule has 0 aromatic heterocycles. The first-order chi connectivity index (χ1) is 12.7. The molecule has 0 saturated carbocycles. The highest BCUT2D eigenvalue weighted by Gasteiger charge is 2.21. The van der Waals surface area contributed by atoms with Crippen LogP contribution in [0.15, 0.2) is 30.3 Å². The number of amides is 1. The van der Waals surface area contributed by atoms with Crippen molar-refractivity contribution in [3.63, 3.8) is 0 Å². The summed E-state index contributed by atoms with van der Waals surface area (Å²) >= 11 is 1.35. The summed E-state index contributed by atoms with van der Waals surface area (Å²) in [7, 11) is 0. The van der Waals surface area contributed by atoms with E-state index in [0.29, 0.717) is 12.2 Å². The number of nitrogens with one attached hydrogen (secondary N) is 1. The fourth-order valence-electron chi connectivity index (χ4n) is 1.99. The number of hydrogen-bond acceptors (Lipinski definition) is 6. The van der Waals surface area contributed by atoms with E-state index in [1.807, 2.05) is 30.3 Å². The van der Waals surface area contributed by atoms with Crippen LogP contribution in [0.25, 0.3) is 0 Å². The van der Waals surface area contributed by atoms with Gasteiger partial charge in [0.1, 0.15) is 18.2 Å². The molecule has 0 spiro atoms. The molecule has 1 aromatic rings. The Hall–Kier alpha value is -2.22. The molecule has 1 rings (SSSR count). The van der Waals surface area contributed by atoms with E-state index in [4.69, 9.17) is 9.47 Å². The molecule has 2 N–H and O–H groups in total. The van der Waals surface area contributed by atoms with Crippen molar-refractivity contribution in [1.82, 2.24) is 5.32 Å². The number of thioether (sulfide) groups is 1. The molecule has 0 aliphatic carbocycles. The van der Waals surface area contributed by atoms with Crippen LogP contribution in [0.5, 0.6) is 0 Å². The molecule has 1 amide bonds. The van der Waals surface area contributed by atoms with Gasteiger partial charge in [-0.25, -0.2) is 9.59 Å². The fourth-order valence-corrected chi connectivity index (χ4v) is 2.97. The van der Waals surface area contributed by atoms with Crippen LogP contribution in [0.3, 0.4) is 0 Å². The van der Waals surface area contributed by atoms with Gasteiger partial charge in [-0.15, -0.1) is 0 Å². The summed E-state index contributed by atoms with van der Waals surface area (Å²) in [5, 5.41) is 11.6. The number of benzene rings is 1. The summed E-state index contributed by atoms with van der Waals surface area (Å²) in [4.78, 5) is 34.7. The molecule has 0 unspecified atom stereocenters. The predicted molar refractivity (Wildman–Crippen MR) is 104 cm³/mol. The van der Waals surface area contributed by atoms with Gasteiger partial charge in [0.2, 0.25) is 0 Å². The zero-order valence-electron chi connectivity index (χ0n) is 15.9. The standard InChI is InChI=1S/C19H27NO6S/c1-19(2,3)26-16(21)10-7-11-27-13-15(17(22)23)20-18(24)25-12-14-8-5-4-6-9-14/h4-6,8-9,15H,7,10-13H2,1-3H3,(H,20,24)(H,22,23)/t15-/m0/s1. The van der Waals surface area contributed by atoms with Crippen LogP contribution in [-0.2, 0) is 25.7 Å². The molecule has 0 heterocycles. The predicted octanol–water partition coefficient (Wildman–Crippen LogP) is 3.22. The lowest BCUT2D eigenvalue weighted by Gasteiger charge is -2.19. The van der Waals surface area contributed by atoms with Crippen LogP contribution >= 0.6 is 11.8 Å². The quantitative estimate of drug-likeness (QED) is 0.462. The lowest BCUT2D eigenvalue weighted by molar-refractivity contribution is -0.154. The third kappa shape index (κ3) is 11.2. The number of esters is 1. The Morgan fingerprint density at radius 1 is 1.19 bits per heavy atom. The second kappa shape index (κ2) is 11.5. The Kier molecular flexibility index (Phi) is 9.71. The van der Waals surface area contributed by atoms with Gasteiger partial charge in [0.25, 0.3) is 0 Å². The molecule has 27 heavy (non-hydrogen) atoms. The molecular formula is C19H27NO6S. The van der Waals surface area contributed by atoms with Crippen molar-refractivity contribution < 1.29 is 29.0 Å². The van der Waals surface area contributed by atoms with Gasteiger partial charge in [-0.2, -0.15) is 11.8 Å². The van der Waals surface area contributed by atoms with Crippen molar-refractivity contribution in [1.29, 1.82) is 0 Å². The second-order valence-electron chi connectivity index (χ2n) is 6.86. The highest BCUT2D eigenvalue weighted by Crippen LogP contribution is 2.12. The summed E-state index contributed by atoms with van der Waals surface area (Å²) in [6, 6.07) is 8.06. The van der Waals surface area contributed by atoms with E-state index in [9.17, 15) is 19.5 Å². The average Bonchev–Trinajstić information content (AvgIpc) is 2.57. The molecule has 1 atom stereocenters. The summed E-state index contributed by atoms with van der Waals surface area (Å²) < 4.78 is 10.2. The first kappa shape index (κ1) is 22.8. The number of alkyl carbamates (subject to hydrolysis) is 1. The zero-order valence-corrected chi connectivity index (χ0v) is 16.7. The van der Waals surface area contributed by atoms with E-state index in [-0.39, 0.29) is 24.7 Å². The van der Waals surface area contributed by atoms with Crippen LogP contribution in [0.4, 0.5) is 4.79 Å². The molecule has 0 saturated heterocycles. The Morgan fingerprint density at radius 2 is 1.85 bits per heavy atom. The van der Waals surface area contributed by atoms with Crippen molar-refractivity contribution in [3.8, 4) is 0 Å². The Bertz CT molecular complexity index is 614. The van der Waals surface area contributed by atoms with Crippen molar-refractivity contribution in [2.45, 2.75) is 51.9 Å². The van der Waals surface area contributed by atoms with Crippen molar-refractivity contribution in [2.75, 3.05) is 11.5 Å². The molecule has 150 valence electrons. The smallest absolute Gasteiger partial charge is 0.408 e. The number of carbonyl (C=O) groups excluding carboxylic acids is 2. The average molecular weight is 397 g/mol. The molecule has 0 fully saturated rings. The lowest BCUT2D eigenvalue weighted by Crippen LogP contribution is -2.42. The van der Waals surface area contributed by atoms with Crippen molar-refractivity contribution >= 4 is 29.8 Å². The Labute approximate surface area is 163 Å². The van der Waals surface area contributed by atoms with Gasteiger partial charge in [0, 0.05) is 12.2 Å². The summed E-state index contributed by atoms with van der Waals surface area (Å²) in [5.74, 6) is -0.639. The molecule has 1 aromatic carbocycles. The van der Waals surface area contributed by atoms with E-state index in [0.717, 1.165) is 5.56 Å². The van der Waals surface area contributed by atoms with E-state index < -0.39 is 23.7 Å². The highest BCUT2D eigenvalue weighted by atomic mass is 32.2. The largest absolute Gasteiger partial charge is 0.480 e. The minimum absolute atomic E-state index is 0.0715. The number of carboxylic acid groups (broad SMARTS) is 1. The number of carboxylic acids is 1. The minimum atomic E-state index is -1.13. The van der Waals surface area contributed by atoms with E-state index in [1.54, 1.807) is 20.8 Å². The number of ether oxygens (including phenoxy) is 2. The molecule has 0 aliphatic rings. The molecule has 0 radical (unpaired) electrons. The van der Waals surface area contributed by atoms with Crippen LogP contribution in [0.1, 0.15) is 39.2 Å². The van der Waals surface area contributed by atoms with Gasteiger partial charge in [0.05, 0.1) is 0 Å². The number of aliphatic carboxylic acids is 1. The molecule has 0 bridgehead atoms. The minimum Gasteiger partial charge on any atom is -0.480 e. The molecule has 8 heteroatoms. The van der Waals surface area contributed by atoms with Gasteiger partial charge >= 0.3 is 18.0 Å². The summed E-state index contributed by atoms with van der Waals surface area (Å²) in [6.45, 7) is 5.49. The fraction of sp³-hybridized carbons (Fsp3) is 0.526. The summed E-state index contributed by atoms with van der Waals surface area (Å²) in [6.07, 6.45) is 0.0689. The monoisotopic (exact) mass is 397 g/mol. The Morgan fingerprint density at radius 3 is 2.44 bits per heavy atom. The Balaban J connectivity index is 2.26. The van der Waals surface area contributed by atoms with E-state index >= 15 is 0 Å². The first-order valence-electron chi connectivity index (χ1n) is 8.67. The first-order valence-corrected chi connectivity index (χ1v) is 9.82. The highest BCUT2D eigenvalue weighted by molar-refractivity contribution is 7.99. The maximum Gasteiger partial charge on any atom is 0.408 e. The number of hydrogen-bond donors (Lipinski definition) is 2. The van der Waals surface area contributed by atoms with Gasteiger partial charge in [-0.3, -0.25) is 4.79 Å². The number of rotatable bonds is 10. The topological polar surface area (TPSA) is 102 Å². The van der Waals surface area contributed by atoms with Crippen LogP contribution < -0.4 is 5.32 Å². The van der Waals surface area contributed by atoms with Crippen LogP contribution in [-0.4, -0.2) is 46.3 Å². The maximum absolute atomic E-state index is 11.8. The van der Waals surface area contributed by atoms with E-state index in [2.05, 4.69) is 5.32 Å². The third-order valence-corrected chi connectivity index (χ3v) is 4.32. The second-order valence-corrected chi connectivity index (χ2v) is 8.01. The van der Waals surface area contributed by atoms with Gasteiger partial charge in [-0.1, -0.05) is 30.3 Å². The lowest BCUT2D eigenvalue weighted by atomic mass is 10.2. The number of carbonyl (C=O) groups is 3. The van der Waals surface area contributed by atoms with Crippen molar-refractivity contribution in [3.05, 3.63) is 35.9 Å². The molecular weight excluding hydrogens is 370 g/mol. The molecule has 0 aliphatic heterocycles. The van der Waals surface area contributed by atoms with Crippen LogP contribution in [0, 0.1) is 0 Å². The summed E-state index contributed by atoms with van der Waals surface area (Å²) in [5.41, 5.74) is 0.305. The SMILES string of the molecule is CC(C)(C)OC(=O)CCCSC[C@H](NC(=O)OCc1ccccc1)C(=O)O. The van der Waals surface area contributed by atoms with Crippen LogP contribution in [0.2, 0.25) is 0 Å². The van der Waals surface area contributed by atoms with Gasteiger partial charge in [-0.05, 0) is 38.5 Å². The third-order valence-electron chi connectivity index (χ3n) is 3.18. The zero-order chi connectivity index (χ0) is 20.3. The van der Waals surface area contributed by atoms with Gasteiger partial charge < -0.3 is 19.9 Å². The van der Waals surface area contributed by atoms with E-state index in [1.165, 1.54) is 11.8 Å². The normalized spacial score (nSPS) is 12.1. The molecule has 7 nitrogen and oxygen atoms in total. The van der Waals surface area contributed by atoms with Crippen molar-refractivity contribution in [2.24, 2.45) is 0 Å².